The smallest absolute Gasteiger partial charge is 0.137 e. The van der Waals surface area contributed by atoms with Crippen LogP contribution >= 0.6 is 15.9 Å². The molecule has 0 heterocycles. The number of ether oxygens (including phenoxy) is 1. The van der Waals surface area contributed by atoms with Crippen LogP contribution in [0.4, 0.5) is 10.1 Å². The van der Waals surface area contributed by atoms with Crippen LogP contribution in [0.5, 0.6) is 5.75 Å². The molecule has 1 N–H and O–H groups in total. The summed E-state index contributed by atoms with van der Waals surface area (Å²) in [6, 6.07) is 13.7. The largest absolute Gasteiger partial charge is 0.497 e. The molecule has 0 bridgehead atoms. The highest BCUT2D eigenvalue weighted by Gasteiger charge is 2.30. The molecule has 2 aromatic rings. The maximum Gasteiger partial charge on any atom is 0.137 e. The van der Waals surface area contributed by atoms with Gasteiger partial charge in [0.05, 0.1) is 11.6 Å². The molecule has 1 aliphatic carbocycles. The molecule has 2 aromatic carbocycles. The van der Waals surface area contributed by atoms with Crippen molar-refractivity contribution in [3.05, 3.63) is 58.3 Å². The minimum absolute atomic E-state index is 0.233. The van der Waals surface area contributed by atoms with E-state index in [0.29, 0.717) is 16.4 Å². The summed E-state index contributed by atoms with van der Waals surface area (Å²) in [5, 5.41) is 3.45. The van der Waals surface area contributed by atoms with E-state index >= 15 is 0 Å². The molecule has 0 aliphatic heterocycles. The molecular weight excluding hydrogens is 333 g/mol. The molecule has 0 aromatic heterocycles. The number of nitrogens with one attached hydrogen (secondary N) is 1. The van der Waals surface area contributed by atoms with Gasteiger partial charge in [-0.3, -0.25) is 0 Å². The zero-order chi connectivity index (χ0) is 14.8. The lowest BCUT2D eigenvalue weighted by atomic mass is 9.76. The highest BCUT2D eigenvalue weighted by molar-refractivity contribution is 9.10. The van der Waals surface area contributed by atoms with Gasteiger partial charge in [0.2, 0.25) is 0 Å². The third kappa shape index (κ3) is 3.21. The summed E-state index contributed by atoms with van der Waals surface area (Å²) >= 11 is 3.21. The van der Waals surface area contributed by atoms with Crippen LogP contribution in [0.25, 0.3) is 0 Å². The zero-order valence-corrected chi connectivity index (χ0v) is 13.4. The van der Waals surface area contributed by atoms with Gasteiger partial charge in [-0.15, -0.1) is 0 Å². The van der Waals surface area contributed by atoms with Gasteiger partial charge < -0.3 is 10.1 Å². The molecule has 2 nitrogen and oxygen atoms in total. The third-order valence-corrected chi connectivity index (χ3v) is 4.60. The Morgan fingerprint density at radius 3 is 2.71 bits per heavy atom. The molecule has 0 amide bonds. The van der Waals surface area contributed by atoms with E-state index in [4.69, 9.17) is 4.74 Å². The topological polar surface area (TPSA) is 21.3 Å². The molecule has 1 saturated carbocycles. The highest BCUT2D eigenvalue weighted by Crippen LogP contribution is 2.39. The number of hydrogen-bond donors (Lipinski definition) is 1. The lowest BCUT2D eigenvalue weighted by Crippen LogP contribution is -2.34. The fraction of sp³-hybridized carbons (Fsp3) is 0.294. The van der Waals surface area contributed by atoms with Crippen LogP contribution in [0, 0.1) is 5.82 Å². The molecule has 21 heavy (non-hydrogen) atoms. The van der Waals surface area contributed by atoms with Crippen LogP contribution in [-0.4, -0.2) is 13.2 Å². The van der Waals surface area contributed by atoms with E-state index in [1.54, 1.807) is 19.2 Å². The Morgan fingerprint density at radius 1 is 1.19 bits per heavy atom. The lowest BCUT2D eigenvalue weighted by Gasteiger charge is -2.37. The van der Waals surface area contributed by atoms with Gasteiger partial charge in [0.25, 0.3) is 0 Å². The van der Waals surface area contributed by atoms with Gasteiger partial charge in [0.15, 0.2) is 0 Å². The second-order valence-corrected chi connectivity index (χ2v) is 6.27. The van der Waals surface area contributed by atoms with Gasteiger partial charge in [-0.25, -0.2) is 4.39 Å². The zero-order valence-electron chi connectivity index (χ0n) is 11.8. The number of halogens is 2. The second kappa shape index (κ2) is 6.06. The van der Waals surface area contributed by atoms with Gasteiger partial charge in [0.1, 0.15) is 11.6 Å². The molecule has 0 spiro atoms. The van der Waals surface area contributed by atoms with E-state index in [0.717, 1.165) is 24.3 Å². The minimum atomic E-state index is -0.233. The number of benzene rings is 2. The number of hydrogen-bond acceptors (Lipinski definition) is 2. The second-order valence-electron chi connectivity index (χ2n) is 5.42. The van der Waals surface area contributed by atoms with E-state index < -0.39 is 0 Å². The van der Waals surface area contributed by atoms with E-state index in [2.05, 4.69) is 33.4 Å². The summed E-state index contributed by atoms with van der Waals surface area (Å²) in [5.41, 5.74) is 2.28. The van der Waals surface area contributed by atoms with E-state index in [1.165, 1.54) is 11.6 Å². The van der Waals surface area contributed by atoms with Gasteiger partial charge in [-0.2, -0.15) is 0 Å². The first-order chi connectivity index (χ1) is 10.2. The van der Waals surface area contributed by atoms with Crippen LogP contribution < -0.4 is 10.1 Å². The Labute approximate surface area is 132 Å². The van der Waals surface area contributed by atoms with Crippen LogP contribution in [-0.2, 0) is 0 Å². The average molecular weight is 350 g/mol. The SMILES string of the molecule is COc1cccc(C2CC(Nc3ccc(F)c(Br)c3)C2)c1. The Kier molecular flexibility index (Phi) is 4.15. The summed E-state index contributed by atoms with van der Waals surface area (Å²) in [5.74, 6) is 1.25. The monoisotopic (exact) mass is 349 g/mol. The molecule has 3 rings (SSSR count). The Bertz CT molecular complexity index is 640. The van der Waals surface area contributed by atoms with Crippen LogP contribution in [0.2, 0.25) is 0 Å². The maximum atomic E-state index is 13.2. The van der Waals surface area contributed by atoms with Crippen molar-refractivity contribution in [1.82, 2.24) is 0 Å². The molecule has 4 heteroatoms. The predicted molar refractivity (Wildman–Crippen MR) is 86.5 cm³/mol. The molecule has 1 fully saturated rings. The fourth-order valence-corrected chi connectivity index (χ4v) is 3.10. The Morgan fingerprint density at radius 2 is 2.00 bits per heavy atom. The quantitative estimate of drug-likeness (QED) is 0.842. The fourth-order valence-electron chi connectivity index (χ4n) is 2.72. The van der Waals surface area contributed by atoms with E-state index in [-0.39, 0.29) is 5.82 Å². The number of rotatable bonds is 4. The molecule has 0 radical (unpaired) electrons. The highest BCUT2D eigenvalue weighted by atomic mass is 79.9. The van der Waals surface area contributed by atoms with Gasteiger partial charge in [0, 0.05) is 11.7 Å². The number of anilines is 1. The molecule has 0 atom stereocenters. The summed E-state index contributed by atoms with van der Waals surface area (Å²) < 4.78 is 19.0. The molecular formula is C17H17BrFNO. The van der Waals surface area contributed by atoms with Crippen molar-refractivity contribution in [3.8, 4) is 5.75 Å². The molecule has 110 valence electrons. The molecule has 1 aliphatic rings. The lowest BCUT2D eigenvalue weighted by molar-refractivity contribution is 0.370. The Hall–Kier alpha value is -1.55. The van der Waals surface area contributed by atoms with Crippen molar-refractivity contribution in [3.63, 3.8) is 0 Å². The summed E-state index contributed by atoms with van der Waals surface area (Å²) in [6.07, 6.45) is 2.17. The van der Waals surface area contributed by atoms with Crippen LogP contribution in [0.1, 0.15) is 24.3 Å². The van der Waals surface area contributed by atoms with Crippen molar-refractivity contribution < 1.29 is 9.13 Å². The van der Waals surface area contributed by atoms with Crippen LogP contribution in [0.15, 0.2) is 46.9 Å². The maximum absolute atomic E-state index is 13.2. The van der Waals surface area contributed by atoms with Crippen LogP contribution in [0.3, 0.4) is 0 Å². The summed E-state index contributed by atoms with van der Waals surface area (Å²) in [6.45, 7) is 0. The van der Waals surface area contributed by atoms with Crippen molar-refractivity contribution in [2.75, 3.05) is 12.4 Å². The van der Waals surface area contributed by atoms with Gasteiger partial charge >= 0.3 is 0 Å². The minimum Gasteiger partial charge on any atom is -0.497 e. The molecule has 0 unspecified atom stereocenters. The van der Waals surface area contributed by atoms with Crippen molar-refractivity contribution in [1.29, 1.82) is 0 Å². The van der Waals surface area contributed by atoms with Gasteiger partial charge in [-0.05, 0) is 70.6 Å². The van der Waals surface area contributed by atoms with E-state index in [1.807, 2.05) is 12.1 Å². The summed E-state index contributed by atoms with van der Waals surface area (Å²) in [7, 11) is 1.69. The first-order valence-electron chi connectivity index (χ1n) is 7.01. The standard InChI is InChI=1S/C17H17BrFNO/c1-21-15-4-2-3-11(9-15)12-7-14(8-12)20-13-5-6-17(19)16(18)10-13/h2-6,9-10,12,14,20H,7-8H2,1H3. The van der Waals surface area contributed by atoms with E-state index in [9.17, 15) is 4.39 Å². The Balaban J connectivity index is 1.59. The predicted octanol–water partition coefficient (Wildman–Crippen LogP) is 4.95. The van der Waals surface area contributed by atoms with Crippen molar-refractivity contribution >= 4 is 21.6 Å². The first kappa shape index (κ1) is 14.4. The summed E-state index contributed by atoms with van der Waals surface area (Å²) in [4.78, 5) is 0. The number of methoxy groups -OCH3 is 1. The normalized spacial score (nSPS) is 20.7. The average Bonchev–Trinajstić information content (AvgIpc) is 2.46. The first-order valence-corrected chi connectivity index (χ1v) is 7.80. The molecule has 0 saturated heterocycles. The van der Waals surface area contributed by atoms with Gasteiger partial charge in [-0.1, -0.05) is 12.1 Å². The third-order valence-electron chi connectivity index (χ3n) is 3.99. The van der Waals surface area contributed by atoms with Crippen molar-refractivity contribution in [2.24, 2.45) is 0 Å². The van der Waals surface area contributed by atoms with Crippen molar-refractivity contribution in [2.45, 2.75) is 24.8 Å².